The molecule has 4 nitrogen and oxygen atoms in total. The number of nitrogens with one attached hydrogen (secondary N) is 1. The summed E-state index contributed by atoms with van der Waals surface area (Å²) in [6.07, 6.45) is 2.84. The number of carbonyl (C=O) groups is 1. The number of hydrogen-bond donors (Lipinski definition) is 1. The molecule has 2 atom stereocenters. The third-order valence-corrected chi connectivity index (χ3v) is 4.98. The Labute approximate surface area is 150 Å². The first-order chi connectivity index (χ1) is 11.5. The molecule has 0 unspecified atom stereocenters. The fraction of sp³-hybridized carbons (Fsp3) is 0.222. The summed E-state index contributed by atoms with van der Waals surface area (Å²) >= 11 is 11.5. The Morgan fingerprint density at radius 3 is 2.79 bits per heavy atom. The molecule has 2 fully saturated rings. The van der Waals surface area contributed by atoms with Crippen LogP contribution in [0.25, 0.3) is 6.08 Å². The van der Waals surface area contributed by atoms with Crippen molar-refractivity contribution in [2.75, 3.05) is 4.90 Å². The summed E-state index contributed by atoms with van der Waals surface area (Å²) in [4.78, 5) is 14.1. The van der Waals surface area contributed by atoms with Crippen molar-refractivity contribution in [1.29, 1.82) is 0 Å². The molecule has 1 amide bonds. The van der Waals surface area contributed by atoms with Crippen LogP contribution < -0.4 is 10.2 Å². The van der Waals surface area contributed by atoms with Crippen molar-refractivity contribution in [3.05, 3.63) is 58.6 Å². The Balaban J connectivity index is 1.61. The van der Waals surface area contributed by atoms with Crippen molar-refractivity contribution in [2.45, 2.75) is 19.3 Å². The number of amides is 1. The summed E-state index contributed by atoms with van der Waals surface area (Å²) in [5.74, 6) is 2.55. The maximum Gasteiger partial charge on any atom is 0.281 e. The van der Waals surface area contributed by atoms with Gasteiger partial charge in [-0.1, -0.05) is 30.7 Å². The molecule has 6 heteroatoms. The average Bonchev–Trinajstić information content (AvgIpc) is 2.99. The molecular weight excluding hydrogens is 344 g/mol. The smallest absolute Gasteiger partial charge is 0.281 e. The first-order valence-electron chi connectivity index (χ1n) is 7.76. The molecule has 2 aliphatic rings. The minimum atomic E-state index is -0.245. The van der Waals surface area contributed by atoms with Crippen LogP contribution in [0.3, 0.4) is 0 Å². The summed E-state index contributed by atoms with van der Waals surface area (Å²) < 4.78 is 5.83. The molecule has 1 saturated heterocycles. The summed E-state index contributed by atoms with van der Waals surface area (Å²) in [6, 6.07) is 11.0. The number of anilines is 1. The Hall–Kier alpha value is -2.11. The Morgan fingerprint density at radius 2 is 2.08 bits per heavy atom. The molecule has 1 aliphatic carbocycles. The van der Waals surface area contributed by atoms with Crippen LogP contribution in [0.2, 0.25) is 5.02 Å². The highest BCUT2D eigenvalue weighted by Crippen LogP contribution is 2.47. The maximum atomic E-state index is 12.7. The van der Waals surface area contributed by atoms with Gasteiger partial charge in [-0.2, -0.15) is 0 Å². The van der Waals surface area contributed by atoms with Gasteiger partial charge in [0.05, 0.1) is 10.7 Å². The van der Waals surface area contributed by atoms with Gasteiger partial charge in [0.1, 0.15) is 17.2 Å². The number of para-hydroxylation sites is 1. The van der Waals surface area contributed by atoms with Crippen LogP contribution in [0, 0.1) is 5.92 Å². The molecule has 24 heavy (non-hydrogen) atoms. The molecule has 1 N–H and O–H groups in total. The van der Waals surface area contributed by atoms with Gasteiger partial charge >= 0.3 is 0 Å². The van der Waals surface area contributed by atoms with Gasteiger partial charge in [-0.3, -0.25) is 9.69 Å². The number of benzene rings is 1. The van der Waals surface area contributed by atoms with Crippen LogP contribution in [0.5, 0.6) is 0 Å². The van der Waals surface area contributed by atoms with Gasteiger partial charge in [0, 0.05) is 12.0 Å². The van der Waals surface area contributed by atoms with Crippen LogP contribution in [-0.4, -0.2) is 11.0 Å². The normalized spacial score (nSPS) is 24.6. The molecule has 0 spiro atoms. The number of nitrogens with zero attached hydrogens (tertiary/aromatic N) is 1. The summed E-state index contributed by atoms with van der Waals surface area (Å²) in [5, 5.41) is 3.72. The van der Waals surface area contributed by atoms with Crippen LogP contribution in [-0.2, 0) is 4.79 Å². The Morgan fingerprint density at radius 1 is 1.33 bits per heavy atom. The lowest BCUT2D eigenvalue weighted by atomic mass is 10.2. The van der Waals surface area contributed by atoms with E-state index in [2.05, 4.69) is 12.2 Å². The molecule has 122 valence electrons. The zero-order valence-electron chi connectivity index (χ0n) is 13.0. The second-order valence-electron chi connectivity index (χ2n) is 6.14. The fourth-order valence-electron chi connectivity index (χ4n) is 2.89. The lowest BCUT2D eigenvalue weighted by Crippen LogP contribution is -2.30. The molecule has 2 aromatic rings. The zero-order valence-corrected chi connectivity index (χ0v) is 14.5. The SMILES string of the molecule is C[C@@H]1C[C@H]1c1ccc(/C=C2\NC(=S)N(c3ccccc3Cl)C2=O)o1. The molecule has 1 aromatic carbocycles. The number of thiocarbonyl (C=S) groups is 1. The van der Waals surface area contributed by atoms with E-state index in [1.165, 1.54) is 4.90 Å². The summed E-state index contributed by atoms with van der Waals surface area (Å²) in [7, 11) is 0. The van der Waals surface area contributed by atoms with Gasteiger partial charge in [0.2, 0.25) is 0 Å². The number of halogens is 1. The second kappa shape index (κ2) is 5.76. The van der Waals surface area contributed by atoms with Gasteiger partial charge < -0.3 is 9.73 Å². The Bertz CT molecular complexity index is 873. The van der Waals surface area contributed by atoms with E-state index >= 15 is 0 Å². The van der Waals surface area contributed by atoms with Crippen molar-refractivity contribution >= 4 is 46.6 Å². The number of hydrogen-bond acceptors (Lipinski definition) is 3. The standard InChI is InChI=1S/C18H15ClN2O2S/c1-10-8-12(10)16-7-6-11(23-16)9-14-17(22)21(18(24)20-14)15-5-3-2-4-13(15)19/h2-7,9-10,12H,8H2,1H3,(H,20,24)/b14-9-/t10-,12-/m1/s1. The van der Waals surface area contributed by atoms with E-state index in [0.29, 0.717) is 39.1 Å². The average molecular weight is 359 g/mol. The topological polar surface area (TPSA) is 45.5 Å². The minimum Gasteiger partial charge on any atom is -0.461 e. The molecule has 2 heterocycles. The number of carbonyl (C=O) groups excluding carboxylic acids is 1. The first-order valence-corrected chi connectivity index (χ1v) is 8.54. The van der Waals surface area contributed by atoms with Crippen molar-refractivity contribution < 1.29 is 9.21 Å². The minimum absolute atomic E-state index is 0.245. The lowest BCUT2D eigenvalue weighted by Gasteiger charge is -2.15. The van der Waals surface area contributed by atoms with Crippen LogP contribution in [0.15, 0.2) is 46.5 Å². The van der Waals surface area contributed by atoms with E-state index in [9.17, 15) is 4.79 Å². The van der Waals surface area contributed by atoms with E-state index in [1.54, 1.807) is 18.2 Å². The van der Waals surface area contributed by atoms with E-state index in [1.807, 2.05) is 24.3 Å². The van der Waals surface area contributed by atoms with Crippen molar-refractivity contribution in [3.8, 4) is 0 Å². The Kier molecular flexibility index (Phi) is 3.70. The van der Waals surface area contributed by atoms with Crippen molar-refractivity contribution in [1.82, 2.24) is 5.32 Å². The predicted molar refractivity (Wildman–Crippen MR) is 97.9 cm³/mol. The first kappa shape index (κ1) is 15.4. The molecule has 0 bridgehead atoms. The molecule has 1 saturated carbocycles. The van der Waals surface area contributed by atoms with Crippen molar-refractivity contribution in [2.24, 2.45) is 5.92 Å². The largest absolute Gasteiger partial charge is 0.461 e. The maximum absolute atomic E-state index is 12.7. The highest BCUT2D eigenvalue weighted by atomic mass is 35.5. The number of furan rings is 1. The third kappa shape index (κ3) is 2.64. The second-order valence-corrected chi connectivity index (χ2v) is 6.93. The van der Waals surface area contributed by atoms with Gasteiger partial charge in [0.25, 0.3) is 5.91 Å². The van der Waals surface area contributed by atoms with Crippen LogP contribution in [0.4, 0.5) is 5.69 Å². The van der Waals surface area contributed by atoms with Crippen molar-refractivity contribution in [3.63, 3.8) is 0 Å². The molecule has 4 rings (SSSR count). The number of rotatable bonds is 3. The van der Waals surface area contributed by atoms with Gasteiger partial charge in [-0.05, 0) is 48.8 Å². The van der Waals surface area contributed by atoms with E-state index in [4.69, 9.17) is 28.2 Å². The van der Waals surface area contributed by atoms with Gasteiger partial charge in [-0.15, -0.1) is 0 Å². The lowest BCUT2D eigenvalue weighted by molar-refractivity contribution is -0.113. The molecular formula is C18H15ClN2O2S. The van der Waals surface area contributed by atoms with E-state index in [-0.39, 0.29) is 5.91 Å². The molecule has 1 aliphatic heterocycles. The highest BCUT2D eigenvalue weighted by Gasteiger charge is 2.37. The van der Waals surface area contributed by atoms with E-state index < -0.39 is 0 Å². The molecule has 0 radical (unpaired) electrons. The monoisotopic (exact) mass is 358 g/mol. The van der Waals surface area contributed by atoms with Crippen LogP contribution in [0.1, 0.15) is 30.8 Å². The molecule has 1 aromatic heterocycles. The zero-order chi connectivity index (χ0) is 16.8. The van der Waals surface area contributed by atoms with E-state index in [0.717, 1.165) is 12.2 Å². The summed E-state index contributed by atoms with van der Waals surface area (Å²) in [6.45, 7) is 2.20. The summed E-state index contributed by atoms with van der Waals surface area (Å²) in [5.41, 5.74) is 0.946. The fourth-order valence-corrected chi connectivity index (χ4v) is 3.40. The quantitative estimate of drug-likeness (QED) is 0.655. The highest BCUT2D eigenvalue weighted by molar-refractivity contribution is 7.80. The van der Waals surface area contributed by atoms with Gasteiger partial charge in [-0.25, -0.2) is 0 Å². The van der Waals surface area contributed by atoms with Gasteiger partial charge in [0.15, 0.2) is 5.11 Å². The van der Waals surface area contributed by atoms with Crippen LogP contribution >= 0.6 is 23.8 Å². The third-order valence-electron chi connectivity index (χ3n) is 4.38. The predicted octanol–water partition coefficient (Wildman–Crippen LogP) is 4.32.